The van der Waals surface area contributed by atoms with E-state index in [0.29, 0.717) is 19.0 Å². The van der Waals surface area contributed by atoms with Crippen LogP contribution in [0.3, 0.4) is 0 Å². The second-order valence-corrected chi connectivity index (χ2v) is 6.94. The zero-order valence-electron chi connectivity index (χ0n) is 16.3. The van der Waals surface area contributed by atoms with E-state index in [1.165, 1.54) is 0 Å². The largest absolute Gasteiger partial charge is 0.454 e. The van der Waals surface area contributed by atoms with Gasteiger partial charge in [0.15, 0.2) is 23.3 Å². The highest BCUT2D eigenvalue weighted by Gasteiger charge is 2.16. The molecule has 1 aromatic heterocycles. The molecule has 0 spiro atoms. The Morgan fingerprint density at radius 1 is 1.25 bits per heavy atom. The molecule has 2 aliphatic heterocycles. The second-order valence-electron chi connectivity index (χ2n) is 6.94. The lowest BCUT2D eigenvalue weighted by Crippen LogP contribution is -2.41. The molecule has 9 nitrogen and oxygen atoms in total. The number of nitrogens with one attached hydrogen (secondary N) is 2. The number of nitrogens with zero attached hydrogens (tertiary/aromatic N) is 4. The Balaban J connectivity index is 1.41. The van der Waals surface area contributed by atoms with Gasteiger partial charge in [-0.1, -0.05) is 6.07 Å². The van der Waals surface area contributed by atoms with Crippen LogP contribution >= 0.6 is 0 Å². The minimum Gasteiger partial charge on any atom is -0.454 e. The van der Waals surface area contributed by atoms with Crippen molar-refractivity contribution in [1.82, 2.24) is 25.4 Å². The van der Waals surface area contributed by atoms with Gasteiger partial charge in [-0.3, -0.25) is 0 Å². The molecule has 4 rings (SSSR count). The van der Waals surface area contributed by atoms with E-state index in [1.807, 2.05) is 36.7 Å². The molecule has 0 radical (unpaired) electrons. The van der Waals surface area contributed by atoms with E-state index in [2.05, 4.69) is 20.8 Å². The third kappa shape index (κ3) is 4.36. The van der Waals surface area contributed by atoms with Gasteiger partial charge in [0.2, 0.25) is 6.79 Å². The van der Waals surface area contributed by atoms with Crippen molar-refractivity contribution in [3.63, 3.8) is 0 Å². The lowest BCUT2D eigenvalue weighted by molar-refractivity contribution is 0.113. The summed E-state index contributed by atoms with van der Waals surface area (Å²) in [5.41, 5.74) is 1.05. The van der Waals surface area contributed by atoms with E-state index in [4.69, 9.17) is 19.2 Å². The lowest BCUT2D eigenvalue weighted by atomic mass is 10.2. The molecule has 1 aromatic carbocycles. The lowest BCUT2D eigenvalue weighted by Gasteiger charge is -2.15. The number of aliphatic imine (C=N–C) groups is 1. The van der Waals surface area contributed by atoms with E-state index in [-0.39, 0.29) is 12.9 Å². The van der Waals surface area contributed by atoms with Gasteiger partial charge in [0.25, 0.3) is 0 Å². The normalized spacial score (nSPS) is 18.5. The first kappa shape index (κ1) is 18.5. The highest BCUT2D eigenvalue weighted by Crippen LogP contribution is 2.32. The van der Waals surface area contributed by atoms with Crippen LogP contribution in [0.1, 0.15) is 30.1 Å². The minimum atomic E-state index is 0.231. The standard InChI is InChI=1S/C19H26N6O3/c1-13-23-24-18(25(13)2)11-22-19(21-10-15-4-3-7-26-15)20-9-14-5-6-16-17(8-14)28-12-27-16/h5-6,8,15H,3-4,7,9-12H2,1-2H3,(H2,20,21,22). The number of fused-ring (bicyclic) bond motifs is 1. The van der Waals surface area contributed by atoms with Gasteiger partial charge < -0.3 is 29.4 Å². The third-order valence-corrected chi connectivity index (χ3v) is 4.97. The maximum atomic E-state index is 5.70. The average Bonchev–Trinajstić information content (AvgIpc) is 3.44. The fourth-order valence-electron chi connectivity index (χ4n) is 3.17. The molecule has 9 heteroatoms. The summed E-state index contributed by atoms with van der Waals surface area (Å²) in [5.74, 6) is 3.99. The van der Waals surface area contributed by atoms with E-state index in [0.717, 1.165) is 54.7 Å². The van der Waals surface area contributed by atoms with Crippen LogP contribution in [0.4, 0.5) is 0 Å². The van der Waals surface area contributed by atoms with Gasteiger partial charge in [-0.25, -0.2) is 4.99 Å². The van der Waals surface area contributed by atoms with Crippen LogP contribution in [0.5, 0.6) is 11.5 Å². The zero-order chi connectivity index (χ0) is 19.3. The predicted octanol–water partition coefficient (Wildman–Crippen LogP) is 1.27. The molecule has 0 bridgehead atoms. The van der Waals surface area contributed by atoms with Gasteiger partial charge in [0.1, 0.15) is 5.82 Å². The molecule has 0 saturated carbocycles. The molecule has 2 aromatic rings. The predicted molar refractivity (Wildman–Crippen MR) is 103 cm³/mol. The number of rotatable bonds is 6. The fourth-order valence-corrected chi connectivity index (χ4v) is 3.17. The summed E-state index contributed by atoms with van der Waals surface area (Å²) < 4.78 is 18.5. The van der Waals surface area contributed by atoms with Crippen molar-refractivity contribution in [2.24, 2.45) is 12.0 Å². The summed E-state index contributed by atoms with van der Waals surface area (Å²) in [6.45, 7) is 4.83. The van der Waals surface area contributed by atoms with Gasteiger partial charge >= 0.3 is 0 Å². The van der Waals surface area contributed by atoms with Crippen LogP contribution in [-0.2, 0) is 24.9 Å². The number of hydrogen-bond acceptors (Lipinski definition) is 6. The summed E-state index contributed by atoms with van der Waals surface area (Å²) in [4.78, 5) is 4.72. The van der Waals surface area contributed by atoms with Crippen molar-refractivity contribution in [3.8, 4) is 11.5 Å². The monoisotopic (exact) mass is 386 g/mol. The van der Waals surface area contributed by atoms with Gasteiger partial charge in [-0.15, -0.1) is 10.2 Å². The smallest absolute Gasteiger partial charge is 0.231 e. The quantitative estimate of drug-likeness (QED) is 0.570. The van der Waals surface area contributed by atoms with Crippen LogP contribution in [0.15, 0.2) is 23.2 Å². The molecule has 3 heterocycles. The van der Waals surface area contributed by atoms with E-state index < -0.39 is 0 Å². The highest BCUT2D eigenvalue weighted by molar-refractivity contribution is 5.79. The third-order valence-electron chi connectivity index (χ3n) is 4.97. The Morgan fingerprint density at radius 2 is 2.14 bits per heavy atom. The van der Waals surface area contributed by atoms with Crippen LogP contribution in [0.2, 0.25) is 0 Å². The number of hydrogen-bond donors (Lipinski definition) is 2. The van der Waals surface area contributed by atoms with Gasteiger partial charge in [0, 0.05) is 20.2 Å². The first-order chi connectivity index (χ1) is 13.7. The summed E-state index contributed by atoms with van der Waals surface area (Å²) in [7, 11) is 1.95. The maximum absolute atomic E-state index is 5.70. The van der Waals surface area contributed by atoms with E-state index in [9.17, 15) is 0 Å². The van der Waals surface area contributed by atoms with Crippen molar-refractivity contribution in [3.05, 3.63) is 35.4 Å². The van der Waals surface area contributed by atoms with Crippen LogP contribution in [0.25, 0.3) is 0 Å². The van der Waals surface area contributed by atoms with Crippen molar-refractivity contribution in [2.75, 3.05) is 19.9 Å². The van der Waals surface area contributed by atoms with Gasteiger partial charge in [-0.05, 0) is 37.5 Å². The molecular weight excluding hydrogens is 360 g/mol. The summed E-state index contributed by atoms with van der Waals surface area (Å²) >= 11 is 0. The number of guanidine groups is 1. The van der Waals surface area contributed by atoms with Gasteiger partial charge in [-0.2, -0.15) is 0 Å². The van der Waals surface area contributed by atoms with Gasteiger partial charge in [0.05, 0.1) is 19.2 Å². The molecule has 1 fully saturated rings. The number of benzene rings is 1. The molecular formula is C19H26N6O3. The first-order valence-corrected chi connectivity index (χ1v) is 9.56. The molecule has 28 heavy (non-hydrogen) atoms. The molecule has 2 N–H and O–H groups in total. The van der Waals surface area contributed by atoms with Crippen LogP contribution < -0.4 is 20.1 Å². The van der Waals surface area contributed by atoms with Crippen molar-refractivity contribution >= 4 is 5.96 Å². The summed E-state index contributed by atoms with van der Waals surface area (Å²) in [6.07, 6.45) is 2.42. The molecule has 2 aliphatic rings. The van der Waals surface area contributed by atoms with Crippen molar-refractivity contribution in [2.45, 2.75) is 39.0 Å². The molecule has 1 atom stereocenters. The highest BCUT2D eigenvalue weighted by atomic mass is 16.7. The Morgan fingerprint density at radius 3 is 2.93 bits per heavy atom. The fraction of sp³-hybridized carbons (Fsp3) is 0.526. The Bertz CT molecular complexity index is 844. The second kappa shape index (κ2) is 8.47. The number of aryl methyl sites for hydroxylation is 1. The summed E-state index contributed by atoms with van der Waals surface area (Å²) in [5, 5.41) is 15.0. The first-order valence-electron chi connectivity index (χ1n) is 9.56. The average molecular weight is 386 g/mol. The van der Waals surface area contributed by atoms with E-state index >= 15 is 0 Å². The SMILES string of the molecule is Cc1nnc(CNC(=NCc2ccc3c(c2)OCO3)NCC2CCCO2)n1C. The number of aromatic nitrogens is 3. The molecule has 1 unspecified atom stereocenters. The topological polar surface area (TPSA) is 94.8 Å². The molecule has 0 amide bonds. The Labute approximate surface area is 164 Å². The van der Waals surface area contributed by atoms with Crippen LogP contribution in [-0.4, -0.2) is 46.8 Å². The zero-order valence-corrected chi connectivity index (χ0v) is 16.3. The minimum absolute atomic E-state index is 0.231. The van der Waals surface area contributed by atoms with Crippen molar-refractivity contribution in [1.29, 1.82) is 0 Å². The maximum Gasteiger partial charge on any atom is 0.231 e. The summed E-state index contributed by atoms with van der Waals surface area (Å²) in [6, 6.07) is 5.89. The molecule has 0 aliphatic carbocycles. The van der Waals surface area contributed by atoms with Crippen molar-refractivity contribution < 1.29 is 14.2 Å². The Kier molecular flexibility index (Phi) is 5.61. The number of ether oxygens (including phenoxy) is 3. The molecule has 150 valence electrons. The van der Waals surface area contributed by atoms with E-state index in [1.54, 1.807) is 0 Å². The Hall–Kier alpha value is -2.81. The molecule has 1 saturated heterocycles. The van der Waals surface area contributed by atoms with Crippen LogP contribution in [0, 0.1) is 6.92 Å².